The Morgan fingerprint density at radius 3 is 2.63 bits per heavy atom. The monoisotopic (exact) mass is 404 g/mol. The molecule has 0 radical (unpaired) electrons. The number of hydrogen-bond donors (Lipinski definition) is 1. The molecule has 1 unspecified atom stereocenters. The van der Waals surface area contributed by atoms with Gasteiger partial charge < -0.3 is 14.7 Å². The fourth-order valence-corrected chi connectivity index (χ4v) is 3.56. The molecule has 2 heterocycles. The number of nitrogens with zero attached hydrogens (tertiary/aromatic N) is 3. The van der Waals surface area contributed by atoms with Crippen molar-refractivity contribution in [2.45, 2.75) is 33.1 Å². The first-order valence-electron chi connectivity index (χ1n) is 10.0. The summed E-state index contributed by atoms with van der Waals surface area (Å²) < 4.78 is 5.04. The summed E-state index contributed by atoms with van der Waals surface area (Å²) in [6.45, 7) is 6.32. The zero-order valence-electron chi connectivity index (χ0n) is 17.3. The number of carbonyl (C=O) groups is 2. The Labute approximate surface area is 175 Å². The maximum Gasteiger partial charge on any atom is 0.229 e. The van der Waals surface area contributed by atoms with E-state index in [4.69, 9.17) is 4.52 Å². The van der Waals surface area contributed by atoms with Crippen molar-refractivity contribution in [1.82, 2.24) is 10.1 Å². The van der Waals surface area contributed by atoms with Gasteiger partial charge >= 0.3 is 0 Å². The molecule has 0 aliphatic carbocycles. The van der Waals surface area contributed by atoms with E-state index in [9.17, 15) is 9.59 Å². The number of anilines is 2. The maximum atomic E-state index is 12.7. The molecular formula is C23H24N4O3. The van der Waals surface area contributed by atoms with E-state index in [2.05, 4.69) is 29.3 Å². The molecule has 0 spiro atoms. The van der Waals surface area contributed by atoms with Crippen LogP contribution in [0.1, 0.15) is 37.6 Å². The van der Waals surface area contributed by atoms with Gasteiger partial charge in [-0.1, -0.05) is 43.3 Å². The molecule has 1 fully saturated rings. The van der Waals surface area contributed by atoms with E-state index in [0.29, 0.717) is 24.2 Å². The maximum absolute atomic E-state index is 12.7. The smallest absolute Gasteiger partial charge is 0.229 e. The van der Waals surface area contributed by atoms with Gasteiger partial charge in [-0.05, 0) is 35.7 Å². The lowest BCUT2D eigenvalue weighted by molar-refractivity contribution is -0.122. The summed E-state index contributed by atoms with van der Waals surface area (Å²) >= 11 is 0. The third-order valence-corrected chi connectivity index (χ3v) is 5.28. The standard InChI is InChI=1S/C23H24N4O3/c1-14(2)16-7-9-19(10-8-16)25-23(29)18-12-21(28)27(13-18)20-6-4-5-17(11-20)22-24-15(3)30-26-22/h4-11,14,18H,12-13H2,1-3H3,(H,25,29). The average Bonchev–Trinajstić information content (AvgIpc) is 3.34. The predicted molar refractivity (Wildman–Crippen MR) is 114 cm³/mol. The Morgan fingerprint density at radius 1 is 1.20 bits per heavy atom. The second kappa shape index (κ2) is 8.10. The lowest BCUT2D eigenvalue weighted by Gasteiger charge is -2.17. The van der Waals surface area contributed by atoms with Crippen LogP contribution in [0.15, 0.2) is 53.1 Å². The van der Waals surface area contributed by atoms with Crippen LogP contribution in [0.25, 0.3) is 11.4 Å². The molecule has 30 heavy (non-hydrogen) atoms. The van der Waals surface area contributed by atoms with Crippen LogP contribution in [0.5, 0.6) is 0 Å². The summed E-state index contributed by atoms with van der Waals surface area (Å²) in [7, 11) is 0. The van der Waals surface area contributed by atoms with Gasteiger partial charge in [0.25, 0.3) is 0 Å². The van der Waals surface area contributed by atoms with Gasteiger partial charge in [-0.25, -0.2) is 0 Å². The average molecular weight is 404 g/mol. The van der Waals surface area contributed by atoms with Crippen LogP contribution in [0.3, 0.4) is 0 Å². The lowest BCUT2D eigenvalue weighted by atomic mass is 10.0. The molecule has 2 amide bonds. The quantitative estimate of drug-likeness (QED) is 0.690. The zero-order chi connectivity index (χ0) is 21.3. The second-order valence-electron chi connectivity index (χ2n) is 7.86. The van der Waals surface area contributed by atoms with Crippen molar-refractivity contribution in [1.29, 1.82) is 0 Å². The summed E-state index contributed by atoms with van der Waals surface area (Å²) in [5, 5.41) is 6.86. The molecule has 154 valence electrons. The van der Waals surface area contributed by atoms with E-state index in [0.717, 1.165) is 16.9 Å². The van der Waals surface area contributed by atoms with Crippen molar-refractivity contribution in [3.8, 4) is 11.4 Å². The molecule has 1 atom stereocenters. The molecule has 0 saturated carbocycles. The SMILES string of the molecule is Cc1nc(-c2cccc(N3CC(C(=O)Nc4ccc(C(C)C)cc4)CC3=O)c2)no1. The topological polar surface area (TPSA) is 88.3 Å². The number of amides is 2. The third kappa shape index (κ3) is 4.10. The molecule has 1 N–H and O–H groups in total. The van der Waals surface area contributed by atoms with Gasteiger partial charge in [-0.3, -0.25) is 9.59 Å². The molecule has 7 nitrogen and oxygen atoms in total. The van der Waals surface area contributed by atoms with Crippen LogP contribution >= 0.6 is 0 Å². The van der Waals surface area contributed by atoms with Crippen LogP contribution in [0.4, 0.5) is 11.4 Å². The van der Waals surface area contributed by atoms with Crippen LogP contribution in [-0.2, 0) is 9.59 Å². The van der Waals surface area contributed by atoms with E-state index in [1.807, 2.05) is 48.5 Å². The van der Waals surface area contributed by atoms with Crippen LogP contribution in [0.2, 0.25) is 0 Å². The van der Waals surface area contributed by atoms with E-state index >= 15 is 0 Å². The first kappa shape index (κ1) is 19.8. The summed E-state index contributed by atoms with van der Waals surface area (Å²) in [6, 6.07) is 15.2. The molecule has 0 bridgehead atoms. The van der Waals surface area contributed by atoms with Gasteiger partial charge in [0.1, 0.15) is 0 Å². The van der Waals surface area contributed by atoms with Crippen molar-refractivity contribution in [2.24, 2.45) is 5.92 Å². The molecule has 2 aromatic carbocycles. The van der Waals surface area contributed by atoms with Crippen molar-refractivity contribution < 1.29 is 14.1 Å². The number of benzene rings is 2. The third-order valence-electron chi connectivity index (χ3n) is 5.28. The van der Waals surface area contributed by atoms with E-state index in [1.54, 1.807) is 11.8 Å². The van der Waals surface area contributed by atoms with Crippen LogP contribution in [0, 0.1) is 12.8 Å². The predicted octanol–water partition coefficient (Wildman–Crippen LogP) is 4.16. The Bertz CT molecular complexity index is 1070. The number of aryl methyl sites for hydroxylation is 1. The number of rotatable bonds is 5. The highest BCUT2D eigenvalue weighted by Crippen LogP contribution is 2.29. The Morgan fingerprint density at radius 2 is 1.97 bits per heavy atom. The van der Waals surface area contributed by atoms with Gasteiger partial charge in [0, 0.05) is 36.8 Å². The highest BCUT2D eigenvalue weighted by Gasteiger charge is 2.35. The highest BCUT2D eigenvalue weighted by molar-refractivity contribution is 6.03. The normalized spacial score (nSPS) is 16.3. The van der Waals surface area contributed by atoms with Crippen LogP contribution < -0.4 is 10.2 Å². The summed E-state index contributed by atoms with van der Waals surface area (Å²) in [5.74, 6) is 0.757. The molecule has 1 aliphatic heterocycles. The first-order chi connectivity index (χ1) is 14.4. The van der Waals surface area contributed by atoms with Gasteiger partial charge in [-0.15, -0.1) is 0 Å². The molecular weight excluding hydrogens is 380 g/mol. The largest absolute Gasteiger partial charge is 0.339 e. The summed E-state index contributed by atoms with van der Waals surface area (Å²) in [4.78, 5) is 31.2. The fourth-order valence-electron chi connectivity index (χ4n) is 3.56. The molecule has 1 saturated heterocycles. The molecule has 3 aromatic rings. The summed E-state index contributed by atoms with van der Waals surface area (Å²) in [5.41, 5.74) is 3.43. The molecule has 1 aliphatic rings. The van der Waals surface area contributed by atoms with Gasteiger partial charge in [-0.2, -0.15) is 4.98 Å². The van der Waals surface area contributed by atoms with Crippen molar-refractivity contribution >= 4 is 23.2 Å². The second-order valence-corrected chi connectivity index (χ2v) is 7.86. The number of carbonyl (C=O) groups excluding carboxylic acids is 2. The Kier molecular flexibility index (Phi) is 5.35. The molecule has 4 rings (SSSR count). The minimum absolute atomic E-state index is 0.0771. The van der Waals surface area contributed by atoms with Crippen molar-refractivity contribution in [3.63, 3.8) is 0 Å². The van der Waals surface area contributed by atoms with Gasteiger partial charge in [0.2, 0.25) is 23.5 Å². The van der Waals surface area contributed by atoms with Crippen LogP contribution in [-0.4, -0.2) is 28.5 Å². The fraction of sp³-hybridized carbons (Fsp3) is 0.304. The van der Waals surface area contributed by atoms with Gasteiger partial charge in [0.15, 0.2) is 0 Å². The summed E-state index contributed by atoms with van der Waals surface area (Å²) in [6.07, 6.45) is 0.182. The number of hydrogen-bond acceptors (Lipinski definition) is 5. The van der Waals surface area contributed by atoms with E-state index in [-0.39, 0.29) is 18.2 Å². The highest BCUT2D eigenvalue weighted by atomic mass is 16.5. The minimum atomic E-state index is -0.404. The molecule has 1 aromatic heterocycles. The first-order valence-corrected chi connectivity index (χ1v) is 10.0. The lowest BCUT2D eigenvalue weighted by Crippen LogP contribution is -2.28. The number of aromatic nitrogens is 2. The Balaban J connectivity index is 1.45. The minimum Gasteiger partial charge on any atom is -0.339 e. The molecule has 7 heteroatoms. The van der Waals surface area contributed by atoms with E-state index in [1.165, 1.54) is 5.56 Å². The van der Waals surface area contributed by atoms with Gasteiger partial charge in [0.05, 0.1) is 5.92 Å². The zero-order valence-corrected chi connectivity index (χ0v) is 17.3. The van der Waals surface area contributed by atoms with Crippen molar-refractivity contribution in [3.05, 3.63) is 60.0 Å². The number of nitrogens with one attached hydrogen (secondary N) is 1. The van der Waals surface area contributed by atoms with E-state index < -0.39 is 5.92 Å². The van der Waals surface area contributed by atoms with Crippen molar-refractivity contribution in [2.75, 3.05) is 16.8 Å². The Hall–Kier alpha value is -3.48.